The van der Waals surface area contributed by atoms with Gasteiger partial charge in [0.05, 0.1) is 35.5 Å². The van der Waals surface area contributed by atoms with Crippen molar-refractivity contribution in [1.82, 2.24) is 0 Å². The fourth-order valence-corrected chi connectivity index (χ4v) is 5.61. The summed E-state index contributed by atoms with van der Waals surface area (Å²) in [5.41, 5.74) is -0.0800. The summed E-state index contributed by atoms with van der Waals surface area (Å²) in [4.78, 5) is 52.4. The Bertz CT molecular complexity index is 1750. The van der Waals surface area contributed by atoms with Crippen molar-refractivity contribution in [2.75, 3.05) is 13.2 Å². The minimum atomic E-state index is -0.668. The fourth-order valence-electron chi connectivity index (χ4n) is 5.61. The van der Waals surface area contributed by atoms with Gasteiger partial charge in [-0.05, 0) is 25.7 Å². The topological polar surface area (TPSA) is 168 Å². The fraction of sp³-hybridized carbons (Fsp3) is 0.176. The van der Waals surface area contributed by atoms with Gasteiger partial charge in [-0.2, -0.15) is 0 Å². The maximum atomic E-state index is 13.2. The number of rotatable bonds is 9. The molecular formula is C34H26O10. The van der Waals surface area contributed by atoms with E-state index in [4.69, 9.17) is 9.47 Å². The summed E-state index contributed by atoms with van der Waals surface area (Å²) in [6.07, 6.45) is 2.45. The van der Waals surface area contributed by atoms with Crippen molar-refractivity contribution >= 4 is 23.1 Å². The summed E-state index contributed by atoms with van der Waals surface area (Å²) in [5, 5.41) is 41.2. The van der Waals surface area contributed by atoms with E-state index in [9.17, 15) is 39.6 Å². The Labute approximate surface area is 250 Å². The lowest BCUT2D eigenvalue weighted by Gasteiger charge is -2.22. The molecule has 222 valence electrons. The number of benzene rings is 4. The quantitative estimate of drug-likeness (QED) is 0.131. The molecule has 0 saturated heterocycles. The zero-order chi connectivity index (χ0) is 31.1. The van der Waals surface area contributed by atoms with Crippen LogP contribution in [0.15, 0.2) is 60.7 Å². The molecule has 10 heteroatoms. The highest BCUT2D eigenvalue weighted by Gasteiger charge is 2.37. The molecule has 0 spiro atoms. The molecular weight excluding hydrogens is 568 g/mol. The van der Waals surface area contributed by atoms with Crippen LogP contribution in [0.4, 0.5) is 0 Å². The van der Waals surface area contributed by atoms with Crippen molar-refractivity contribution in [1.29, 1.82) is 0 Å². The van der Waals surface area contributed by atoms with Crippen LogP contribution in [0.2, 0.25) is 0 Å². The normalized spacial score (nSPS) is 13.2. The van der Waals surface area contributed by atoms with Gasteiger partial charge in [0.15, 0.2) is 46.1 Å². The molecule has 4 aromatic rings. The Balaban J connectivity index is 1.06. The SMILES string of the molecule is O=C1c2ccccc2C(=O)c2c(O)c(O)cc(OCCCCCCOc3cc(O)c(O)c4c3C(=O)c3ccccc3C4=O)c21. The average Bonchev–Trinajstić information content (AvgIpc) is 3.02. The van der Waals surface area contributed by atoms with E-state index in [0.717, 1.165) is 12.1 Å². The van der Waals surface area contributed by atoms with Gasteiger partial charge in [0, 0.05) is 34.4 Å². The molecule has 0 fully saturated rings. The second kappa shape index (κ2) is 11.2. The minimum absolute atomic E-state index is 0.00388. The number of aromatic hydroxyl groups is 4. The maximum absolute atomic E-state index is 13.2. The second-order valence-corrected chi connectivity index (χ2v) is 10.5. The lowest BCUT2D eigenvalue weighted by Crippen LogP contribution is -2.22. The van der Waals surface area contributed by atoms with E-state index in [0.29, 0.717) is 25.7 Å². The molecule has 2 aliphatic carbocycles. The summed E-state index contributed by atoms with van der Waals surface area (Å²) in [6.45, 7) is 0.325. The third-order valence-electron chi connectivity index (χ3n) is 7.78. The van der Waals surface area contributed by atoms with Gasteiger partial charge in [-0.15, -0.1) is 0 Å². The van der Waals surface area contributed by atoms with E-state index in [1.54, 1.807) is 24.3 Å². The molecule has 0 aliphatic heterocycles. The monoisotopic (exact) mass is 594 g/mol. The Morgan fingerprint density at radius 1 is 0.455 bits per heavy atom. The van der Waals surface area contributed by atoms with Gasteiger partial charge in [-0.1, -0.05) is 48.5 Å². The minimum Gasteiger partial charge on any atom is -0.504 e. The number of phenols is 4. The number of hydrogen-bond donors (Lipinski definition) is 4. The van der Waals surface area contributed by atoms with Crippen molar-refractivity contribution in [3.63, 3.8) is 0 Å². The molecule has 0 unspecified atom stereocenters. The van der Waals surface area contributed by atoms with Crippen LogP contribution in [-0.2, 0) is 0 Å². The second-order valence-electron chi connectivity index (χ2n) is 10.5. The predicted molar refractivity (Wildman–Crippen MR) is 156 cm³/mol. The number of ketones is 4. The molecule has 6 rings (SSSR count). The van der Waals surface area contributed by atoms with Crippen LogP contribution in [0.25, 0.3) is 0 Å². The van der Waals surface area contributed by atoms with Gasteiger partial charge in [-0.25, -0.2) is 0 Å². The number of fused-ring (bicyclic) bond motifs is 4. The van der Waals surface area contributed by atoms with E-state index < -0.39 is 46.1 Å². The molecule has 44 heavy (non-hydrogen) atoms. The number of phenolic OH excluding ortho intramolecular Hbond substituents is 4. The number of ether oxygens (including phenoxy) is 2. The van der Waals surface area contributed by atoms with Crippen LogP contribution in [0.5, 0.6) is 34.5 Å². The van der Waals surface area contributed by atoms with Gasteiger partial charge in [0.25, 0.3) is 0 Å². The summed E-state index contributed by atoms with van der Waals surface area (Å²) < 4.78 is 11.6. The van der Waals surface area contributed by atoms with Gasteiger partial charge < -0.3 is 29.9 Å². The van der Waals surface area contributed by atoms with Gasteiger partial charge >= 0.3 is 0 Å². The van der Waals surface area contributed by atoms with Crippen LogP contribution < -0.4 is 9.47 Å². The summed E-state index contributed by atoms with van der Waals surface area (Å²) in [7, 11) is 0. The molecule has 4 N–H and O–H groups in total. The number of carbonyl (C=O) groups excluding carboxylic acids is 4. The first-order chi connectivity index (χ1) is 21.2. The van der Waals surface area contributed by atoms with E-state index in [2.05, 4.69) is 0 Å². The molecule has 0 aromatic heterocycles. The smallest absolute Gasteiger partial charge is 0.198 e. The van der Waals surface area contributed by atoms with Crippen LogP contribution in [0, 0.1) is 0 Å². The van der Waals surface area contributed by atoms with Crippen molar-refractivity contribution in [2.24, 2.45) is 0 Å². The molecule has 2 aliphatic rings. The van der Waals surface area contributed by atoms with Crippen LogP contribution >= 0.6 is 0 Å². The average molecular weight is 595 g/mol. The highest BCUT2D eigenvalue weighted by Crippen LogP contribution is 2.44. The highest BCUT2D eigenvalue weighted by atomic mass is 16.5. The molecule has 0 amide bonds. The molecule has 0 heterocycles. The summed E-state index contributed by atoms with van der Waals surface area (Å²) in [6, 6.07) is 14.8. The Kier molecular flexibility index (Phi) is 7.26. The first-order valence-corrected chi connectivity index (χ1v) is 14.0. The zero-order valence-corrected chi connectivity index (χ0v) is 23.3. The van der Waals surface area contributed by atoms with Crippen molar-refractivity contribution < 1.29 is 49.1 Å². The maximum Gasteiger partial charge on any atom is 0.198 e. The lowest BCUT2D eigenvalue weighted by molar-refractivity contribution is 0.0972. The standard InChI is InChI=1S/C34H26O10/c35-21-15-23(25-27(33(21)41)31(39)19-11-5-3-9-17(19)29(25)37)43-13-7-1-2-8-14-44-24-16-22(36)34(42)28-26(24)30(38)18-10-4-6-12-20(18)32(28)40/h3-6,9-12,15-16,35-36,41-42H,1-2,7-8,13-14H2. The summed E-state index contributed by atoms with van der Waals surface area (Å²) in [5.74, 6) is -4.58. The largest absolute Gasteiger partial charge is 0.504 e. The van der Waals surface area contributed by atoms with E-state index in [1.807, 2.05) is 0 Å². The van der Waals surface area contributed by atoms with Crippen LogP contribution in [0.3, 0.4) is 0 Å². The van der Waals surface area contributed by atoms with Crippen LogP contribution in [-0.4, -0.2) is 56.8 Å². The van der Waals surface area contributed by atoms with Crippen molar-refractivity contribution in [3.05, 3.63) is 105 Å². The molecule has 0 saturated carbocycles. The number of hydrogen-bond acceptors (Lipinski definition) is 10. The third kappa shape index (κ3) is 4.60. The zero-order valence-electron chi connectivity index (χ0n) is 23.3. The third-order valence-corrected chi connectivity index (χ3v) is 7.78. The predicted octanol–water partition coefficient (Wildman–Crippen LogP) is 5.08. The van der Waals surface area contributed by atoms with Crippen molar-refractivity contribution in [2.45, 2.75) is 25.7 Å². The molecule has 0 bridgehead atoms. The molecule has 4 aromatic carbocycles. The van der Waals surface area contributed by atoms with E-state index in [-0.39, 0.29) is 69.2 Å². The first kappa shape index (κ1) is 28.5. The molecule has 0 atom stereocenters. The summed E-state index contributed by atoms with van der Waals surface area (Å²) >= 11 is 0. The Morgan fingerprint density at radius 3 is 1.11 bits per heavy atom. The first-order valence-electron chi connectivity index (χ1n) is 14.0. The van der Waals surface area contributed by atoms with Gasteiger partial charge in [-0.3, -0.25) is 19.2 Å². The number of unbranched alkanes of at least 4 members (excludes halogenated alkanes) is 3. The van der Waals surface area contributed by atoms with Gasteiger partial charge in [0.1, 0.15) is 11.5 Å². The lowest BCUT2D eigenvalue weighted by atomic mass is 9.83. The van der Waals surface area contributed by atoms with Crippen LogP contribution in [0.1, 0.15) is 89.4 Å². The van der Waals surface area contributed by atoms with E-state index >= 15 is 0 Å². The number of carbonyl (C=O) groups is 4. The molecule has 10 nitrogen and oxygen atoms in total. The van der Waals surface area contributed by atoms with Gasteiger partial charge in [0.2, 0.25) is 0 Å². The van der Waals surface area contributed by atoms with Crippen molar-refractivity contribution in [3.8, 4) is 34.5 Å². The highest BCUT2D eigenvalue weighted by molar-refractivity contribution is 6.31. The molecule has 0 radical (unpaired) electrons. The Morgan fingerprint density at radius 2 is 0.773 bits per heavy atom. The van der Waals surface area contributed by atoms with E-state index in [1.165, 1.54) is 24.3 Å². The Hall–Kier alpha value is -5.64.